The summed E-state index contributed by atoms with van der Waals surface area (Å²) in [5.74, 6) is 0.0413. The van der Waals surface area contributed by atoms with E-state index in [2.05, 4.69) is 10.6 Å². The third kappa shape index (κ3) is 4.62. The van der Waals surface area contributed by atoms with Crippen LogP contribution in [0.5, 0.6) is 0 Å². The highest BCUT2D eigenvalue weighted by Gasteiger charge is 2.34. The van der Waals surface area contributed by atoms with Crippen molar-refractivity contribution >= 4 is 35.8 Å². The molecule has 8 heteroatoms. The second kappa shape index (κ2) is 8.18. The summed E-state index contributed by atoms with van der Waals surface area (Å²) < 4.78 is 0. The van der Waals surface area contributed by atoms with E-state index in [1.165, 1.54) is 36.7 Å². The van der Waals surface area contributed by atoms with Crippen molar-refractivity contribution in [3.63, 3.8) is 0 Å². The predicted octanol–water partition coefficient (Wildman–Crippen LogP) is 2.90. The lowest BCUT2D eigenvalue weighted by atomic mass is 10.00. The molecule has 2 fully saturated rings. The van der Waals surface area contributed by atoms with Crippen LogP contribution in [0, 0.1) is 10.1 Å². The van der Waals surface area contributed by atoms with Crippen molar-refractivity contribution in [2.45, 2.75) is 60.9 Å². The van der Waals surface area contributed by atoms with Gasteiger partial charge in [-0.1, -0.05) is 0 Å². The third-order valence-electron chi connectivity index (χ3n) is 4.55. The molecule has 0 spiro atoms. The molecule has 0 aromatic heterocycles. The van der Waals surface area contributed by atoms with E-state index in [-0.39, 0.29) is 35.3 Å². The van der Waals surface area contributed by atoms with E-state index in [0.717, 1.165) is 17.7 Å². The van der Waals surface area contributed by atoms with E-state index in [0.29, 0.717) is 12.1 Å². The first-order valence-electron chi connectivity index (χ1n) is 7.99. The molecule has 2 aliphatic rings. The first-order chi connectivity index (χ1) is 11.0. The largest absolute Gasteiger partial charge is 0.352 e. The summed E-state index contributed by atoms with van der Waals surface area (Å²) in [6, 6.07) is 7.69. The van der Waals surface area contributed by atoms with Gasteiger partial charge in [-0.3, -0.25) is 14.9 Å². The SMILES string of the molecule is CC(Sc1ccc([N+](=O)[O-])cc1)C(=O)NC1CC2CCC(C1)N2.Cl. The fourth-order valence-corrected chi connectivity index (χ4v) is 4.27. The molecular formula is C16H22ClN3O3S. The first-order valence-corrected chi connectivity index (χ1v) is 8.87. The minimum absolute atomic E-state index is 0. The molecule has 3 rings (SSSR count). The maximum atomic E-state index is 12.4. The monoisotopic (exact) mass is 371 g/mol. The lowest BCUT2D eigenvalue weighted by Gasteiger charge is -2.30. The molecule has 2 bridgehead atoms. The van der Waals surface area contributed by atoms with Crippen molar-refractivity contribution in [3.05, 3.63) is 34.4 Å². The number of amides is 1. The Labute approximate surface area is 151 Å². The van der Waals surface area contributed by atoms with E-state index >= 15 is 0 Å². The fraction of sp³-hybridized carbons (Fsp3) is 0.562. The highest BCUT2D eigenvalue weighted by atomic mass is 35.5. The van der Waals surface area contributed by atoms with Crippen LogP contribution in [0.4, 0.5) is 5.69 Å². The lowest BCUT2D eigenvalue weighted by Crippen LogP contribution is -2.49. The van der Waals surface area contributed by atoms with Crippen LogP contribution in [-0.4, -0.2) is 34.2 Å². The van der Waals surface area contributed by atoms with Gasteiger partial charge in [-0.2, -0.15) is 0 Å². The summed E-state index contributed by atoms with van der Waals surface area (Å²) in [7, 11) is 0. The minimum atomic E-state index is -0.421. The van der Waals surface area contributed by atoms with Gasteiger partial charge in [-0.15, -0.1) is 24.2 Å². The third-order valence-corrected chi connectivity index (χ3v) is 5.66. The highest BCUT2D eigenvalue weighted by Crippen LogP contribution is 2.28. The van der Waals surface area contributed by atoms with Crippen LogP contribution in [-0.2, 0) is 4.79 Å². The number of nitrogens with zero attached hydrogens (tertiary/aromatic N) is 1. The Bertz CT molecular complexity index is 587. The summed E-state index contributed by atoms with van der Waals surface area (Å²) in [4.78, 5) is 23.5. The average Bonchev–Trinajstić information content (AvgIpc) is 2.86. The summed E-state index contributed by atoms with van der Waals surface area (Å²) in [6.45, 7) is 1.87. The minimum Gasteiger partial charge on any atom is -0.352 e. The molecule has 2 saturated heterocycles. The van der Waals surface area contributed by atoms with Crippen LogP contribution in [0.25, 0.3) is 0 Å². The Kier molecular flexibility index (Phi) is 6.48. The summed E-state index contributed by atoms with van der Waals surface area (Å²) >= 11 is 1.43. The van der Waals surface area contributed by atoms with Crippen LogP contribution in [0.15, 0.2) is 29.2 Å². The van der Waals surface area contributed by atoms with Gasteiger partial charge in [0.05, 0.1) is 10.2 Å². The van der Waals surface area contributed by atoms with Gasteiger partial charge in [0, 0.05) is 35.2 Å². The number of hydrogen-bond acceptors (Lipinski definition) is 5. The van der Waals surface area contributed by atoms with Crippen molar-refractivity contribution in [2.24, 2.45) is 0 Å². The number of carbonyl (C=O) groups excluding carboxylic acids is 1. The number of rotatable bonds is 5. The number of carbonyl (C=O) groups is 1. The zero-order valence-electron chi connectivity index (χ0n) is 13.4. The molecular weight excluding hydrogens is 350 g/mol. The zero-order chi connectivity index (χ0) is 16.4. The number of halogens is 1. The normalized spacial score (nSPS) is 26.3. The molecule has 2 aliphatic heterocycles. The van der Waals surface area contributed by atoms with Crippen LogP contribution < -0.4 is 10.6 Å². The number of thioether (sulfide) groups is 1. The van der Waals surface area contributed by atoms with Gasteiger partial charge in [0.2, 0.25) is 5.91 Å². The molecule has 3 atom stereocenters. The molecule has 3 unspecified atom stereocenters. The number of nitro benzene ring substituents is 1. The standard InChI is InChI=1S/C16H21N3O3S.ClH/c1-10(23-15-6-4-14(5-7-15)19(21)22)16(20)18-13-8-11-2-3-12(9-13)17-11;/h4-7,10-13,17H,2-3,8-9H2,1H3,(H,18,20);1H. The Hall–Kier alpha value is -1.31. The second-order valence-corrected chi connectivity index (χ2v) is 7.74. The van der Waals surface area contributed by atoms with Gasteiger partial charge >= 0.3 is 0 Å². The van der Waals surface area contributed by atoms with E-state index in [9.17, 15) is 14.9 Å². The van der Waals surface area contributed by atoms with Crippen molar-refractivity contribution < 1.29 is 9.72 Å². The van der Waals surface area contributed by atoms with Gasteiger partial charge in [-0.05, 0) is 44.7 Å². The maximum Gasteiger partial charge on any atom is 0.269 e. The Morgan fingerprint density at radius 1 is 1.29 bits per heavy atom. The molecule has 0 aliphatic carbocycles. The molecule has 1 amide bonds. The predicted molar refractivity (Wildman–Crippen MR) is 96.8 cm³/mol. The lowest BCUT2D eigenvalue weighted by molar-refractivity contribution is -0.384. The molecule has 132 valence electrons. The number of fused-ring (bicyclic) bond motifs is 2. The van der Waals surface area contributed by atoms with Crippen molar-refractivity contribution in [2.75, 3.05) is 0 Å². The number of benzene rings is 1. The van der Waals surface area contributed by atoms with Crippen molar-refractivity contribution in [3.8, 4) is 0 Å². The quantitative estimate of drug-likeness (QED) is 0.472. The number of piperidine rings is 1. The van der Waals surface area contributed by atoms with E-state index < -0.39 is 4.92 Å². The molecule has 6 nitrogen and oxygen atoms in total. The van der Waals surface area contributed by atoms with E-state index in [1.807, 2.05) is 6.92 Å². The summed E-state index contributed by atoms with van der Waals surface area (Å²) in [5, 5.41) is 17.2. The molecule has 1 aromatic carbocycles. The smallest absolute Gasteiger partial charge is 0.269 e. The first kappa shape index (κ1) is 19.0. The Balaban J connectivity index is 0.00000208. The van der Waals surface area contributed by atoms with Gasteiger partial charge in [0.25, 0.3) is 5.69 Å². The Morgan fingerprint density at radius 2 is 1.88 bits per heavy atom. The maximum absolute atomic E-state index is 12.4. The zero-order valence-corrected chi connectivity index (χ0v) is 15.1. The van der Waals surface area contributed by atoms with Crippen LogP contribution in [0.3, 0.4) is 0 Å². The number of nitrogens with one attached hydrogen (secondary N) is 2. The number of hydrogen-bond donors (Lipinski definition) is 2. The van der Waals surface area contributed by atoms with E-state index in [1.54, 1.807) is 12.1 Å². The van der Waals surface area contributed by atoms with E-state index in [4.69, 9.17) is 0 Å². The molecule has 0 radical (unpaired) electrons. The van der Waals surface area contributed by atoms with Crippen LogP contribution >= 0.6 is 24.2 Å². The molecule has 24 heavy (non-hydrogen) atoms. The van der Waals surface area contributed by atoms with Crippen molar-refractivity contribution in [1.82, 2.24) is 10.6 Å². The van der Waals surface area contributed by atoms with Crippen LogP contribution in [0.1, 0.15) is 32.6 Å². The summed E-state index contributed by atoms with van der Waals surface area (Å²) in [6.07, 6.45) is 4.45. The highest BCUT2D eigenvalue weighted by molar-refractivity contribution is 8.00. The summed E-state index contributed by atoms with van der Waals surface area (Å²) in [5.41, 5.74) is 0.0663. The fourth-order valence-electron chi connectivity index (χ4n) is 3.40. The number of nitro groups is 1. The van der Waals surface area contributed by atoms with Crippen molar-refractivity contribution in [1.29, 1.82) is 0 Å². The molecule has 2 heterocycles. The average molecular weight is 372 g/mol. The van der Waals surface area contributed by atoms with Gasteiger partial charge < -0.3 is 10.6 Å². The van der Waals surface area contributed by atoms with Gasteiger partial charge in [0.15, 0.2) is 0 Å². The second-order valence-electron chi connectivity index (χ2n) is 6.33. The number of non-ortho nitro benzene ring substituents is 1. The van der Waals surface area contributed by atoms with Gasteiger partial charge in [-0.25, -0.2) is 0 Å². The topological polar surface area (TPSA) is 84.3 Å². The molecule has 0 saturated carbocycles. The van der Waals surface area contributed by atoms with Crippen LogP contribution in [0.2, 0.25) is 0 Å². The molecule has 2 N–H and O–H groups in total. The van der Waals surface area contributed by atoms with Gasteiger partial charge in [0.1, 0.15) is 0 Å². The Morgan fingerprint density at radius 3 is 2.42 bits per heavy atom. The molecule has 1 aromatic rings.